The summed E-state index contributed by atoms with van der Waals surface area (Å²) in [6.07, 6.45) is -1.21. The average Bonchev–Trinajstić information content (AvgIpc) is 2.48. The Morgan fingerprint density at radius 1 is 1.00 bits per heavy atom. The molecule has 0 heterocycles. The van der Waals surface area contributed by atoms with Crippen LogP contribution in [0.25, 0.3) is 0 Å². The minimum atomic E-state index is -0.729. The van der Waals surface area contributed by atoms with E-state index < -0.39 is 12.4 Å². The Balaban J connectivity index is 2.02. The smallest absolute Gasteiger partial charge is 0.410 e. The van der Waals surface area contributed by atoms with Gasteiger partial charge in [0.05, 0.1) is 4.95 Å². The average molecular weight is 364 g/mol. The third kappa shape index (κ3) is 4.49. The second-order valence-corrected chi connectivity index (χ2v) is 6.02. The molecule has 5 heteroatoms. The Kier molecular flexibility index (Phi) is 5.83. The minimum Gasteiger partial charge on any atom is -0.410 e. The van der Waals surface area contributed by atoms with Crippen molar-refractivity contribution in [2.45, 2.75) is 25.0 Å². The molecule has 2 rings (SSSR count). The molecule has 0 saturated carbocycles. The fourth-order valence-electron chi connectivity index (χ4n) is 2.11. The van der Waals surface area contributed by atoms with E-state index in [1.165, 1.54) is 0 Å². The van der Waals surface area contributed by atoms with E-state index in [2.05, 4.69) is 15.9 Å². The van der Waals surface area contributed by atoms with Gasteiger partial charge in [-0.3, -0.25) is 0 Å². The van der Waals surface area contributed by atoms with Crippen LogP contribution in [0.15, 0.2) is 60.7 Å². The number of halogens is 1. The molecule has 2 unspecified atom stereocenters. The molecule has 0 radical (unpaired) electrons. The van der Waals surface area contributed by atoms with E-state index in [-0.39, 0.29) is 4.95 Å². The van der Waals surface area contributed by atoms with Crippen LogP contribution in [-0.2, 0) is 4.74 Å². The van der Waals surface area contributed by atoms with E-state index in [0.29, 0.717) is 5.75 Å². The number of para-hydroxylation sites is 2. The first-order valence-electron chi connectivity index (χ1n) is 6.99. The van der Waals surface area contributed by atoms with Gasteiger partial charge in [-0.05, 0) is 38.1 Å². The normalized spacial score (nSPS) is 13.0. The molecule has 0 saturated heterocycles. The first-order valence-corrected chi connectivity index (χ1v) is 7.90. The summed E-state index contributed by atoms with van der Waals surface area (Å²) >= 11 is 3.53. The van der Waals surface area contributed by atoms with E-state index in [1.807, 2.05) is 48.2 Å². The molecule has 0 aliphatic heterocycles. The van der Waals surface area contributed by atoms with E-state index in [1.54, 1.807) is 31.2 Å². The molecule has 0 fully saturated rings. The van der Waals surface area contributed by atoms with Crippen LogP contribution < -0.4 is 9.64 Å². The van der Waals surface area contributed by atoms with E-state index in [0.717, 1.165) is 5.69 Å². The summed E-state index contributed by atoms with van der Waals surface area (Å²) < 4.78 is 10.5. The third-order valence-electron chi connectivity index (χ3n) is 3.04. The van der Waals surface area contributed by atoms with Gasteiger partial charge in [0.15, 0.2) is 6.23 Å². The number of ether oxygens (including phenoxy) is 2. The Labute approximate surface area is 138 Å². The van der Waals surface area contributed by atoms with Crippen molar-refractivity contribution in [3.8, 4) is 5.75 Å². The zero-order valence-electron chi connectivity index (χ0n) is 12.5. The van der Waals surface area contributed by atoms with Gasteiger partial charge < -0.3 is 14.4 Å². The molecular formula is C17H18BrNO3. The molecule has 4 nitrogen and oxygen atoms in total. The summed E-state index contributed by atoms with van der Waals surface area (Å²) in [7, 11) is 0. The first kappa shape index (κ1) is 16.4. The molecular weight excluding hydrogens is 346 g/mol. The van der Waals surface area contributed by atoms with Crippen LogP contribution in [0.5, 0.6) is 5.75 Å². The molecule has 0 aromatic heterocycles. The second-order valence-electron chi connectivity index (χ2n) is 4.70. The minimum absolute atomic E-state index is 0.00516. The molecule has 0 amide bonds. The lowest BCUT2D eigenvalue weighted by Gasteiger charge is -2.32. The fraction of sp³-hybridized carbons (Fsp3) is 0.235. The maximum Gasteiger partial charge on any atom is 0.515 e. The number of hydrogen-bond donors (Lipinski definition) is 0. The topological polar surface area (TPSA) is 38.8 Å². The van der Waals surface area contributed by atoms with E-state index in [9.17, 15) is 4.79 Å². The van der Waals surface area contributed by atoms with Gasteiger partial charge in [-0.25, -0.2) is 4.79 Å². The molecule has 2 atom stereocenters. The number of benzene rings is 2. The van der Waals surface area contributed by atoms with E-state index in [4.69, 9.17) is 9.47 Å². The first-order chi connectivity index (χ1) is 10.6. The molecule has 0 aliphatic carbocycles. The lowest BCUT2D eigenvalue weighted by atomic mass is 10.3. The summed E-state index contributed by atoms with van der Waals surface area (Å²) in [4.78, 5) is 13.8. The van der Waals surface area contributed by atoms with Crippen molar-refractivity contribution < 1.29 is 14.3 Å². The van der Waals surface area contributed by atoms with Gasteiger partial charge in [-0.1, -0.05) is 52.3 Å². The Bertz CT molecular complexity index is 589. The summed E-state index contributed by atoms with van der Waals surface area (Å²) in [6, 6.07) is 18.6. The fourth-order valence-corrected chi connectivity index (χ4v) is 2.68. The van der Waals surface area contributed by atoms with Crippen molar-refractivity contribution >= 4 is 27.8 Å². The van der Waals surface area contributed by atoms with Crippen molar-refractivity contribution in [3.05, 3.63) is 60.7 Å². The largest absolute Gasteiger partial charge is 0.515 e. The van der Waals surface area contributed by atoms with Gasteiger partial charge in [0.25, 0.3) is 0 Å². The lowest BCUT2D eigenvalue weighted by molar-refractivity contribution is 0.0638. The maximum atomic E-state index is 11.9. The van der Waals surface area contributed by atoms with Crippen LogP contribution in [-0.4, -0.2) is 17.3 Å². The highest BCUT2D eigenvalue weighted by atomic mass is 79.9. The number of carbonyl (C=O) groups is 1. The number of carbonyl (C=O) groups excluding carboxylic acids is 1. The SMILES string of the molecule is CC(Br)N(c1ccccc1)C(C)OC(=O)Oc1ccccc1. The summed E-state index contributed by atoms with van der Waals surface area (Å²) in [5.41, 5.74) is 0.951. The van der Waals surface area contributed by atoms with Gasteiger partial charge in [0, 0.05) is 5.69 Å². The van der Waals surface area contributed by atoms with Crippen molar-refractivity contribution in [1.29, 1.82) is 0 Å². The predicted molar refractivity (Wildman–Crippen MR) is 90.3 cm³/mol. The van der Waals surface area contributed by atoms with Gasteiger partial charge in [0.2, 0.25) is 0 Å². The highest BCUT2D eigenvalue weighted by Crippen LogP contribution is 2.23. The van der Waals surface area contributed by atoms with Crippen molar-refractivity contribution in [2.24, 2.45) is 0 Å². The van der Waals surface area contributed by atoms with Crippen LogP contribution in [0, 0.1) is 0 Å². The zero-order chi connectivity index (χ0) is 15.9. The molecule has 0 aliphatic rings. The highest BCUT2D eigenvalue weighted by Gasteiger charge is 2.22. The van der Waals surface area contributed by atoms with Gasteiger partial charge in [0.1, 0.15) is 5.75 Å². The Hall–Kier alpha value is -2.01. The van der Waals surface area contributed by atoms with Crippen LogP contribution in [0.2, 0.25) is 0 Å². The second kappa shape index (κ2) is 7.84. The van der Waals surface area contributed by atoms with Crippen LogP contribution in [0.3, 0.4) is 0 Å². The quantitative estimate of drug-likeness (QED) is 0.251. The maximum absolute atomic E-state index is 11.9. The number of nitrogens with zero attached hydrogens (tertiary/aromatic N) is 1. The highest BCUT2D eigenvalue weighted by molar-refractivity contribution is 9.09. The standard InChI is InChI=1S/C17H18BrNO3/c1-13(18)19(15-9-5-3-6-10-15)14(2)21-17(20)22-16-11-7-4-8-12-16/h3-14H,1-2H3. The number of alkyl halides is 1. The Morgan fingerprint density at radius 3 is 2.09 bits per heavy atom. The van der Waals surface area contributed by atoms with Gasteiger partial charge in [-0.2, -0.15) is 0 Å². The molecule has 22 heavy (non-hydrogen) atoms. The van der Waals surface area contributed by atoms with Gasteiger partial charge >= 0.3 is 6.16 Å². The van der Waals surface area contributed by atoms with Crippen molar-refractivity contribution in [2.75, 3.05) is 4.90 Å². The molecule has 2 aromatic rings. The number of anilines is 1. The predicted octanol–water partition coefficient (Wildman–Crippen LogP) is 4.80. The molecule has 0 spiro atoms. The van der Waals surface area contributed by atoms with E-state index >= 15 is 0 Å². The lowest BCUT2D eigenvalue weighted by Crippen LogP contribution is -2.40. The molecule has 116 valence electrons. The third-order valence-corrected chi connectivity index (χ3v) is 3.48. The molecule has 0 N–H and O–H groups in total. The zero-order valence-corrected chi connectivity index (χ0v) is 14.1. The molecule has 2 aromatic carbocycles. The van der Waals surface area contributed by atoms with Crippen LogP contribution in [0.4, 0.5) is 10.5 Å². The van der Waals surface area contributed by atoms with Crippen molar-refractivity contribution in [1.82, 2.24) is 0 Å². The van der Waals surface area contributed by atoms with Crippen molar-refractivity contribution in [3.63, 3.8) is 0 Å². The van der Waals surface area contributed by atoms with Crippen LogP contribution in [0.1, 0.15) is 13.8 Å². The number of rotatable bonds is 5. The number of hydrogen-bond acceptors (Lipinski definition) is 4. The monoisotopic (exact) mass is 363 g/mol. The van der Waals surface area contributed by atoms with Crippen LogP contribution >= 0.6 is 15.9 Å². The molecule has 0 bridgehead atoms. The Morgan fingerprint density at radius 2 is 1.55 bits per heavy atom. The summed E-state index contributed by atoms with van der Waals surface area (Å²) in [5, 5.41) is 0. The summed E-state index contributed by atoms with van der Waals surface area (Å²) in [6.45, 7) is 3.77. The summed E-state index contributed by atoms with van der Waals surface area (Å²) in [5.74, 6) is 0.456. The van der Waals surface area contributed by atoms with Gasteiger partial charge in [-0.15, -0.1) is 0 Å².